The van der Waals surface area contributed by atoms with E-state index >= 15 is 0 Å². The zero-order valence-corrected chi connectivity index (χ0v) is 21.7. The average molecular weight is 513 g/mol. The summed E-state index contributed by atoms with van der Waals surface area (Å²) in [6, 6.07) is 9.65. The van der Waals surface area contributed by atoms with Crippen molar-refractivity contribution in [2.75, 3.05) is 30.8 Å². The van der Waals surface area contributed by atoms with Crippen molar-refractivity contribution in [1.29, 1.82) is 0 Å². The van der Waals surface area contributed by atoms with E-state index in [-0.39, 0.29) is 5.91 Å². The Balaban J connectivity index is 1.16. The van der Waals surface area contributed by atoms with Gasteiger partial charge in [-0.1, -0.05) is 12.1 Å². The second kappa shape index (κ2) is 9.91. The van der Waals surface area contributed by atoms with Crippen molar-refractivity contribution in [2.24, 2.45) is 0 Å². The van der Waals surface area contributed by atoms with Crippen molar-refractivity contribution >= 4 is 28.2 Å². The number of thiazole rings is 1. The lowest BCUT2D eigenvalue weighted by molar-refractivity contribution is 0.102. The molecule has 0 bridgehead atoms. The number of nitrogens with one attached hydrogen (secondary N) is 2. The monoisotopic (exact) mass is 512 g/mol. The van der Waals surface area contributed by atoms with Gasteiger partial charge in [-0.3, -0.25) is 15.1 Å². The first kappa shape index (κ1) is 23.6. The molecule has 0 saturated carbocycles. The van der Waals surface area contributed by atoms with Crippen LogP contribution in [0.4, 0.5) is 10.9 Å². The van der Waals surface area contributed by atoms with Gasteiger partial charge in [0.25, 0.3) is 5.91 Å². The number of rotatable bonds is 6. The molecule has 3 aromatic heterocycles. The molecule has 6 rings (SSSR count). The van der Waals surface area contributed by atoms with Crippen molar-refractivity contribution < 1.29 is 9.53 Å². The Morgan fingerprint density at radius 2 is 2.11 bits per heavy atom. The maximum Gasteiger partial charge on any atom is 0.257 e. The van der Waals surface area contributed by atoms with E-state index < -0.39 is 0 Å². The maximum absolute atomic E-state index is 13.0. The third-order valence-corrected chi connectivity index (χ3v) is 7.83. The molecular formula is C28H28N6O2S. The van der Waals surface area contributed by atoms with E-state index in [9.17, 15) is 4.79 Å². The average Bonchev–Trinajstić information content (AvgIpc) is 3.55. The van der Waals surface area contributed by atoms with E-state index in [0.29, 0.717) is 23.8 Å². The quantitative estimate of drug-likeness (QED) is 0.387. The summed E-state index contributed by atoms with van der Waals surface area (Å²) >= 11 is 1.56. The number of ether oxygens (including phenoxy) is 1. The van der Waals surface area contributed by atoms with E-state index in [0.717, 1.165) is 71.0 Å². The zero-order chi connectivity index (χ0) is 25.4. The molecule has 9 heteroatoms. The predicted molar refractivity (Wildman–Crippen MR) is 145 cm³/mol. The fourth-order valence-electron chi connectivity index (χ4n) is 4.86. The van der Waals surface area contributed by atoms with E-state index in [1.54, 1.807) is 17.5 Å². The lowest BCUT2D eigenvalue weighted by atomic mass is 10.0. The van der Waals surface area contributed by atoms with Gasteiger partial charge in [0.2, 0.25) is 0 Å². The summed E-state index contributed by atoms with van der Waals surface area (Å²) in [7, 11) is 2.10. The molecule has 8 nitrogen and oxygen atoms in total. The molecule has 0 spiro atoms. The number of nitrogens with zero attached hydrogens (tertiary/aromatic N) is 4. The molecule has 0 aliphatic carbocycles. The number of benzene rings is 1. The van der Waals surface area contributed by atoms with Crippen LogP contribution in [0, 0.1) is 6.92 Å². The maximum atomic E-state index is 13.0. The second-order valence-electron chi connectivity index (χ2n) is 9.50. The van der Waals surface area contributed by atoms with Crippen LogP contribution >= 0.6 is 11.3 Å². The minimum atomic E-state index is -0.147. The predicted octanol–water partition coefficient (Wildman–Crippen LogP) is 4.70. The number of fused-ring (bicyclic) bond motifs is 2. The van der Waals surface area contributed by atoms with Gasteiger partial charge in [-0.25, -0.2) is 9.97 Å². The van der Waals surface area contributed by atoms with Crippen molar-refractivity contribution in [3.8, 4) is 16.9 Å². The van der Waals surface area contributed by atoms with Crippen LogP contribution in [-0.2, 0) is 25.9 Å². The molecule has 0 unspecified atom stereocenters. The Morgan fingerprint density at radius 1 is 1.19 bits per heavy atom. The van der Waals surface area contributed by atoms with Gasteiger partial charge in [-0.15, -0.1) is 11.3 Å². The molecule has 4 aromatic rings. The number of carbonyl (C=O) groups is 1. The highest BCUT2D eigenvalue weighted by Crippen LogP contribution is 2.40. The summed E-state index contributed by atoms with van der Waals surface area (Å²) in [6.45, 7) is 5.11. The zero-order valence-electron chi connectivity index (χ0n) is 20.9. The summed E-state index contributed by atoms with van der Waals surface area (Å²) < 4.78 is 6.01. The van der Waals surface area contributed by atoms with Crippen LogP contribution in [0.2, 0.25) is 0 Å². The largest absolute Gasteiger partial charge is 0.492 e. The molecule has 2 aliphatic rings. The van der Waals surface area contributed by atoms with Crippen LogP contribution in [0.25, 0.3) is 11.1 Å². The molecule has 0 saturated heterocycles. The van der Waals surface area contributed by atoms with E-state index in [1.807, 2.05) is 49.6 Å². The molecule has 2 N–H and O–H groups in total. The van der Waals surface area contributed by atoms with Gasteiger partial charge in [0.1, 0.15) is 11.6 Å². The van der Waals surface area contributed by atoms with Crippen LogP contribution in [0.5, 0.6) is 5.75 Å². The second-order valence-corrected chi connectivity index (χ2v) is 10.6. The summed E-state index contributed by atoms with van der Waals surface area (Å²) in [6.07, 6.45) is 7.24. The Morgan fingerprint density at radius 3 is 3.00 bits per heavy atom. The molecule has 2 aliphatic heterocycles. The third-order valence-electron chi connectivity index (χ3n) is 6.83. The summed E-state index contributed by atoms with van der Waals surface area (Å²) in [4.78, 5) is 30.0. The summed E-state index contributed by atoms with van der Waals surface area (Å²) in [5.41, 5.74) is 6.95. The lowest BCUT2D eigenvalue weighted by Gasteiger charge is -2.20. The molecule has 1 aromatic carbocycles. The minimum Gasteiger partial charge on any atom is -0.492 e. The summed E-state index contributed by atoms with van der Waals surface area (Å²) in [5.74, 6) is 1.55. The van der Waals surface area contributed by atoms with Crippen LogP contribution in [0.1, 0.15) is 37.6 Å². The van der Waals surface area contributed by atoms with Crippen LogP contribution in [0.3, 0.4) is 0 Å². The van der Waals surface area contributed by atoms with E-state index in [2.05, 4.69) is 32.5 Å². The number of carbonyl (C=O) groups excluding carboxylic acids is 1. The number of anilines is 2. The van der Waals surface area contributed by atoms with Crippen LogP contribution < -0.4 is 15.4 Å². The minimum absolute atomic E-state index is 0.147. The molecule has 188 valence electrons. The third kappa shape index (κ3) is 4.80. The first-order chi connectivity index (χ1) is 18.0. The van der Waals surface area contributed by atoms with Gasteiger partial charge < -0.3 is 15.0 Å². The van der Waals surface area contributed by atoms with Crippen LogP contribution in [-0.4, -0.2) is 46.0 Å². The number of aromatic nitrogens is 3. The highest BCUT2D eigenvalue weighted by Gasteiger charge is 2.23. The lowest BCUT2D eigenvalue weighted by Crippen LogP contribution is -2.25. The molecule has 1 amide bonds. The first-order valence-corrected chi connectivity index (χ1v) is 13.2. The van der Waals surface area contributed by atoms with Gasteiger partial charge in [0.15, 0.2) is 5.13 Å². The van der Waals surface area contributed by atoms with Gasteiger partial charge in [0, 0.05) is 72.6 Å². The van der Waals surface area contributed by atoms with Crippen molar-refractivity contribution in [2.45, 2.75) is 32.9 Å². The first-order valence-electron chi connectivity index (χ1n) is 12.4. The molecule has 0 radical (unpaired) electrons. The van der Waals surface area contributed by atoms with E-state index in [4.69, 9.17) is 9.72 Å². The summed E-state index contributed by atoms with van der Waals surface area (Å²) in [5, 5.41) is 7.11. The standard InChI is InChI=1S/C28H28N6O2S/c1-17-13-29-9-6-20(17)22-15-31-26(21-8-11-36-25(21)22)30-14-18-4-3-5-19(12-18)27(35)33-28-32-23-7-10-34(2)16-24(23)37-28/h3-6,9,12-13,15H,7-8,10-11,14,16H2,1-2H3,(H,30,31)(H,32,33,35). The topological polar surface area (TPSA) is 92.3 Å². The van der Waals surface area contributed by atoms with Gasteiger partial charge in [0.05, 0.1) is 12.3 Å². The molecular weight excluding hydrogens is 484 g/mol. The van der Waals surface area contributed by atoms with E-state index in [1.165, 1.54) is 4.88 Å². The number of pyridine rings is 2. The Hall–Kier alpha value is -3.82. The number of likely N-dealkylation sites (N-methyl/N-ethyl adjacent to an activating group) is 1. The SMILES string of the molecule is Cc1cnccc1-c1cnc(NCc2cccc(C(=O)Nc3nc4c(s3)CN(C)CC4)c2)c2c1OCC2. The van der Waals surface area contributed by atoms with Crippen molar-refractivity contribution in [1.82, 2.24) is 19.9 Å². The fourth-order valence-corrected chi connectivity index (χ4v) is 5.95. The Labute approximate surface area is 219 Å². The van der Waals surface area contributed by atoms with Crippen molar-refractivity contribution in [3.63, 3.8) is 0 Å². The van der Waals surface area contributed by atoms with Crippen LogP contribution in [0.15, 0.2) is 48.9 Å². The Bertz CT molecular complexity index is 1480. The van der Waals surface area contributed by atoms with Gasteiger partial charge in [-0.2, -0.15) is 0 Å². The number of hydrogen-bond donors (Lipinski definition) is 2. The number of aryl methyl sites for hydroxylation is 1. The number of hydrogen-bond acceptors (Lipinski definition) is 8. The van der Waals surface area contributed by atoms with Gasteiger partial charge in [-0.05, 0) is 48.9 Å². The molecule has 37 heavy (non-hydrogen) atoms. The van der Waals surface area contributed by atoms with Crippen molar-refractivity contribution in [3.05, 3.63) is 81.7 Å². The number of amides is 1. The molecule has 0 fully saturated rings. The molecule has 0 atom stereocenters. The highest BCUT2D eigenvalue weighted by atomic mass is 32.1. The highest BCUT2D eigenvalue weighted by molar-refractivity contribution is 7.15. The normalized spacial score (nSPS) is 14.5. The fraction of sp³-hybridized carbons (Fsp3) is 0.286. The van der Waals surface area contributed by atoms with Gasteiger partial charge >= 0.3 is 0 Å². The Kier molecular flexibility index (Phi) is 6.31. The molecule has 5 heterocycles. The smallest absolute Gasteiger partial charge is 0.257 e.